The first-order chi connectivity index (χ1) is 7.79. The van der Waals surface area contributed by atoms with Gasteiger partial charge >= 0.3 is 0 Å². The van der Waals surface area contributed by atoms with Gasteiger partial charge in [-0.1, -0.05) is 0 Å². The minimum Gasteiger partial charge on any atom is -0.357 e. The molecule has 1 aromatic heterocycles. The molecule has 1 rings (SSSR count). The molecule has 1 atom stereocenters. The van der Waals surface area contributed by atoms with Crippen molar-refractivity contribution in [2.24, 2.45) is 0 Å². The molecule has 0 aliphatic heterocycles. The van der Waals surface area contributed by atoms with Crippen LogP contribution in [0.2, 0.25) is 0 Å². The van der Waals surface area contributed by atoms with E-state index < -0.39 is 0 Å². The van der Waals surface area contributed by atoms with Crippen LogP contribution < -0.4 is 10.6 Å². The summed E-state index contributed by atoms with van der Waals surface area (Å²) in [6.07, 6.45) is 3.23. The van der Waals surface area contributed by atoms with Crippen LogP contribution in [-0.2, 0) is 4.79 Å². The number of amides is 1. The number of carbonyl (C=O) groups excluding carboxylic acids is 1. The van der Waals surface area contributed by atoms with Gasteiger partial charge in [0.15, 0.2) is 0 Å². The van der Waals surface area contributed by atoms with E-state index in [1.807, 2.05) is 27.7 Å². The summed E-state index contributed by atoms with van der Waals surface area (Å²) >= 11 is 0. The molecule has 2 N–H and O–H groups in total. The number of nitrogens with one attached hydrogen (secondary N) is 2. The van der Waals surface area contributed by atoms with Gasteiger partial charge in [-0.2, -0.15) is 0 Å². The van der Waals surface area contributed by atoms with Gasteiger partial charge in [0.05, 0.1) is 5.69 Å². The molecule has 1 aromatic rings. The Labute approximate surface area is 102 Å². The van der Waals surface area contributed by atoms with Crippen LogP contribution in [0.5, 0.6) is 0 Å². The molecular formula is C12H20N4O. The van der Waals surface area contributed by atoms with E-state index in [2.05, 4.69) is 20.6 Å². The van der Waals surface area contributed by atoms with Crippen molar-refractivity contribution in [1.29, 1.82) is 0 Å². The lowest BCUT2D eigenvalue weighted by Crippen LogP contribution is -2.47. The van der Waals surface area contributed by atoms with Gasteiger partial charge in [0.2, 0.25) is 5.91 Å². The van der Waals surface area contributed by atoms with Gasteiger partial charge in [-0.05, 0) is 34.6 Å². The van der Waals surface area contributed by atoms with E-state index in [1.165, 1.54) is 0 Å². The fraction of sp³-hybridized carbons (Fsp3) is 0.583. The number of hydrogen-bond donors (Lipinski definition) is 2. The average molecular weight is 236 g/mol. The molecule has 0 aliphatic rings. The number of rotatable bonds is 3. The van der Waals surface area contributed by atoms with Gasteiger partial charge < -0.3 is 10.6 Å². The van der Waals surface area contributed by atoms with Crippen molar-refractivity contribution in [3.8, 4) is 0 Å². The van der Waals surface area contributed by atoms with E-state index in [9.17, 15) is 4.79 Å². The Balaban J connectivity index is 2.64. The highest BCUT2D eigenvalue weighted by Gasteiger charge is 2.19. The Morgan fingerprint density at radius 1 is 1.29 bits per heavy atom. The lowest BCUT2D eigenvalue weighted by molar-refractivity contribution is -0.122. The number of aromatic nitrogens is 2. The summed E-state index contributed by atoms with van der Waals surface area (Å²) in [5.74, 6) is 0.589. The monoisotopic (exact) mass is 236 g/mol. The Bertz CT molecular complexity index is 398. The first kappa shape index (κ1) is 13.4. The minimum atomic E-state index is -0.343. The van der Waals surface area contributed by atoms with Crippen LogP contribution in [0.1, 0.15) is 33.4 Å². The van der Waals surface area contributed by atoms with Gasteiger partial charge in [-0.3, -0.25) is 9.78 Å². The molecule has 17 heavy (non-hydrogen) atoms. The third-order valence-corrected chi connectivity index (χ3v) is 2.13. The molecule has 0 fully saturated rings. The lowest BCUT2D eigenvalue weighted by atomic mass is 10.1. The number of anilines is 1. The maximum Gasteiger partial charge on any atom is 0.242 e. The van der Waals surface area contributed by atoms with Crippen LogP contribution in [0, 0.1) is 6.92 Å². The molecule has 0 radical (unpaired) electrons. The zero-order valence-corrected chi connectivity index (χ0v) is 11.0. The van der Waals surface area contributed by atoms with Crippen molar-refractivity contribution in [2.45, 2.75) is 46.2 Å². The van der Waals surface area contributed by atoms with Crippen LogP contribution in [0.25, 0.3) is 0 Å². The summed E-state index contributed by atoms with van der Waals surface area (Å²) in [5.41, 5.74) is 0.549. The zero-order chi connectivity index (χ0) is 13.1. The Morgan fingerprint density at radius 2 is 1.88 bits per heavy atom. The molecule has 0 bridgehead atoms. The summed E-state index contributed by atoms with van der Waals surface area (Å²) in [7, 11) is 0. The zero-order valence-electron chi connectivity index (χ0n) is 11.0. The van der Waals surface area contributed by atoms with E-state index in [0.717, 1.165) is 5.69 Å². The van der Waals surface area contributed by atoms with Crippen LogP contribution >= 0.6 is 0 Å². The molecule has 0 spiro atoms. The van der Waals surface area contributed by atoms with Gasteiger partial charge in [0, 0.05) is 17.9 Å². The van der Waals surface area contributed by atoms with Gasteiger partial charge in [-0.15, -0.1) is 0 Å². The third kappa shape index (κ3) is 4.38. The first-order valence-electron chi connectivity index (χ1n) is 5.66. The lowest BCUT2D eigenvalue weighted by Gasteiger charge is -2.24. The number of carbonyl (C=O) groups is 1. The molecule has 94 valence electrons. The molecule has 1 heterocycles. The average Bonchev–Trinajstić information content (AvgIpc) is 2.18. The molecule has 0 saturated carbocycles. The number of nitrogens with zero attached hydrogens (tertiary/aromatic N) is 2. The van der Waals surface area contributed by atoms with Crippen molar-refractivity contribution in [2.75, 3.05) is 5.32 Å². The maximum atomic E-state index is 11.9. The normalized spacial score (nSPS) is 13.0. The predicted octanol–water partition coefficient (Wildman–Crippen LogP) is 1.50. The quantitative estimate of drug-likeness (QED) is 0.834. The predicted molar refractivity (Wildman–Crippen MR) is 67.7 cm³/mol. The van der Waals surface area contributed by atoms with Crippen molar-refractivity contribution >= 4 is 11.7 Å². The molecule has 0 saturated heterocycles. The fourth-order valence-corrected chi connectivity index (χ4v) is 1.30. The standard InChI is InChI=1S/C12H20N4O/c1-8-10(14-7-6-13-8)15-9(2)11(17)16-12(3,4)5/h6-7,9H,1-5H3,(H,14,15)(H,16,17). The Kier molecular flexibility index (Phi) is 4.04. The highest BCUT2D eigenvalue weighted by atomic mass is 16.2. The van der Waals surface area contributed by atoms with Crippen molar-refractivity contribution in [3.05, 3.63) is 18.1 Å². The number of aryl methyl sites for hydroxylation is 1. The van der Waals surface area contributed by atoms with E-state index in [1.54, 1.807) is 19.3 Å². The SMILES string of the molecule is Cc1nccnc1NC(C)C(=O)NC(C)(C)C. The molecule has 0 aromatic carbocycles. The summed E-state index contributed by atoms with van der Waals surface area (Å²) in [6, 6.07) is -0.343. The second-order valence-electron chi connectivity index (χ2n) is 5.10. The number of hydrogen-bond acceptors (Lipinski definition) is 4. The first-order valence-corrected chi connectivity index (χ1v) is 5.66. The maximum absolute atomic E-state index is 11.9. The smallest absolute Gasteiger partial charge is 0.242 e. The topological polar surface area (TPSA) is 66.9 Å². The molecular weight excluding hydrogens is 216 g/mol. The van der Waals surface area contributed by atoms with Crippen molar-refractivity contribution < 1.29 is 4.79 Å². The van der Waals surface area contributed by atoms with Crippen LogP contribution in [-0.4, -0.2) is 27.5 Å². The second kappa shape index (κ2) is 5.12. The Hall–Kier alpha value is -1.65. The van der Waals surface area contributed by atoms with Gasteiger partial charge in [0.1, 0.15) is 11.9 Å². The highest BCUT2D eigenvalue weighted by molar-refractivity contribution is 5.84. The fourth-order valence-electron chi connectivity index (χ4n) is 1.30. The van der Waals surface area contributed by atoms with Gasteiger partial charge in [-0.25, -0.2) is 4.98 Å². The molecule has 1 amide bonds. The van der Waals surface area contributed by atoms with Crippen molar-refractivity contribution in [3.63, 3.8) is 0 Å². The van der Waals surface area contributed by atoms with Crippen LogP contribution in [0.3, 0.4) is 0 Å². The Morgan fingerprint density at radius 3 is 2.41 bits per heavy atom. The second-order valence-corrected chi connectivity index (χ2v) is 5.10. The van der Waals surface area contributed by atoms with E-state index >= 15 is 0 Å². The summed E-state index contributed by atoms with van der Waals surface area (Å²) in [6.45, 7) is 9.50. The van der Waals surface area contributed by atoms with E-state index in [0.29, 0.717) is 5.82 Å². The molecule has 5 heteroatoms. The van der Waals surface area contributed by atoms with E-state index in [-0.39, 0.29) is 17.5 Å². The summed E-state index contributed by atoms with van der Waals surface area (Å²) in [4.78, 5) is 20.1. The van der Waals surface area contributed by atoms with Gasteiger partial charge in [0.25, 0.3) is 0 Å². The van der Waals surface area contributed by atoms with E-state index in [4.69, 9.17) is 0 Å². The minimum absolute atomic E-state index is 0.0532. The van der Waals surface area contributed by atoms with Crippen LogP contribution in [0.15, 0.2) is 12.4 Å². The third-order valence-electron chi connectivity index (χ3n) is 2.13. The largest absolute Gasteiger partial charge is 0.357 e. The molecule has 5 nitrogen and oxygen atoms in total. The van der Waals surface area contributed by atoms with Crippen LogP contribution in [0.4, 0.5) is 5.82 Å². The molecule has 0 aliphatic carbocycles. The molecule has 1 unspecified atom stereocenters. The summed E-state index contributed by atoms with van der Waals surface area (Å²) < 4.78 is 0. The summed E-state index contributed by atoms with van der Waals surface area (Å²) in [5, 5.41) is 5.96. The van der Waals surface area contributed by atoms with Crippen molar-refractivity contribution in [1.82, 2.24) is 15.3 Å². The highest BCUT2D eigenvalue weighted by Crippen LogP contribution is 2.08.